The van der Waals surface area contributed by atoms with Crippen LogP contribution < -0.4 is 14.4 Å². The highest BCUT2D eigenvalue weighted by atomic mass is 79.9. The normalized spacial score (nSPS) is 14.3. The van der Waals surface area contributed by atoms with E-state index < -0.39 is 28.5 Å². The molecule has 0 aromatic heterocycles. The fraction of sp³-hybridized carbons (Fsp3) is 0.355. The maximum Gasteiger partial charge on any atom is 0.264 e. The SMILES string of the molecule is COc1ccccc1N(CC(=O)N(Cc1cccc(Br)c1)[C@@H](C)C(=O)NC1CCCC1)S(=O)(=O)c1ccc(C)cc1. The summed E-state index contributed by atoms with van der Waals surface area (Å²) in [5.41, 5.74) is 1.94. The van der Waals surface area contributed by atoms with Crippen LogP contribution in [0, 0.1) is 6.92 Å². The number of halogens is 1. The number of para-hydroxylation sites is 2. The van der Waals surface area contributed by atoms with Gasteiger partial charge in [-0.05, 0) is 68.7 Å². The van der Waals surface area contributed by atoms with E-state index in [4.69, 9.17) is 4.74 Å². The van der Waals surface area contributed by atoms with Gasteiger partial charge in [0.15, 0.2) is 0 Å². The fourth-order valence-corrected chi connectivity index (χ4v) is 6.86. The first-order valence-electron chi connectivity index (χ1n) is 13.7. The summed E-state index contributed by atoms with van der Waals surface area (Å²) < 4.78 is 35.4. The van der Waals surface area contributed by atoms with Gasteiger partial charge < -0.3 is 15.0 Å². The summed E-state index contributed by atoms with van der Waals surface area (Å²) in [6.45, 7) is 3.16. The Morgan fingerprint density at radius 1 is 1.02 bits per heavy atom. The molecule has 10 heteroatoms. The molecule has 4 rings (SSSR count). The topological polar surface area (TPSA) is 96.0 Å². The van der Waals surface area contributed by atoms with E-state index in [1.54, 1.807) is 43.3 Å². The molecule has 41 heavy (non-hydrogen) atoms. The highest BCUT2D eigenvalue weighted by Gasteiger charge is 2.34. The summed E-state index contributed by atoms with van der Waals surface area (Å²) in [4.78, 5) is 29.0. The Morgan fingerprint density at radius 3 is 2.37 bits per heavy atom. The molecule has 0 bridgehead atoms. The lowest BCUT2D eigenvalue weighted by molar-refractivity contribution is -0.139. The molecule has 1 atom stereocenters. The van der Waals surface area contributed by atoms with Crippen molar-refractivity contribution in [1.82, 2.24) is 10.2 Å². The van der Waals surface area contributed by atoms with Gasteiger partial charge in [-0.2, -0.15) is 0 Å². The van der Waals surface area contributed by atoms with E-state index in [1.165, 1.54) is 24.1 Å². The zero-order valence-corrected chi connectivity index (χ0v) is 25.9. The molecule has 1 N–H and O–H groups in total. The molecule has 218 valence electrons. The number of carbonyl (C=O) groups is 2. The third kappa shape index (κ3) is 7.48. The number of benzene rings is 3. The minimum absolute atomic E-state index is 0.0485. The number of hydrogen-bond donors (Lipinski definition) is 1. The first-order valence-corrected chi connectivity index (χ1v) is 15.9. The Hall–Kier alpha value is -3.37. The smallest absolute Gasteiger partial charge is 0.264 e. The number of nitrogens with one attached hydrogen (secondary N) is 1. The second kappa shape index (κ2) is 13.5. The van der Waals surface area contributed by atoms with Crippen LogP contribution in [0.3, 0.4) is 0 Å². The van der Waals surface area contributed by atoms with Crippen LogP contribution in [0.2, 0.25) is 0 Å². The first-order chi connectivity index (χ1) is 19.6. The lowest BCUT2D eigenvalue weighted by Gasteiger charge is -2.33. The summed E-state index contributed by atoms with van der Waals surface area (Å²) in [5.74, 6) is -0.465. The molecule has 3 aromatic rings. The van der Waals surface area contributed by atoms with Crippen molar-refractivity contribution in [2.45, 2.75) is 63.1 Å². The van der Waals surface area contributed by atoms with Gasteiger partial charge in [-0.15, -0.1) is 0 Å². The van der Waals surface area contributed by atoms with E-state index in [1.807, 2.05) is 31.2 Å². The molecule has 0 radical (unpaired) electrons. The molecule has 2 amide bonds. The van der Waals surface area contributed by atoms with Crippen molar-refractivity contribution in [3.8, 4) is 5.75 Å². The summed E-state index contributed by atoms with van der Waals surface area (Å²) >= 11 is 3.47. The van der Waals surface area contributed by atoms with Gasteiger partial charge in [0.05, 0.1) is 17.7 Å². The average molecular weight is 643 g/mol. The van der Waals surface area contributed by atoms with Crippen molar-refractivity contribution in [2.24, 2.45) is 0 Å². The second-order valence-electron chi connectivity index (χ2n) is 10.3. The van der Waals surface area contributed by atoms with Crippen molar-refractivity contribution < 1.29 is 22.7 Å². The summed E-state index contributed by atoms with van der Waals surface area (Å²) in [6, 6.07) is 19.9. The van der Waals surface area contributed by atoms with Crippen LogP contribution in [0.15, 0.2) is 82.2 Å². The van der Waals surface area contributed by atoms with Crippen molar-refractivity contribution >= 4 is 43.5 Å². The number of ether oxygens (including phenoxy) is 1. The molecular weight excluding hydrogens is 606 g/mol. The van der Waals surface area contributed by atoms with Gasteiger partial charge in [0, 0.05) is 17.1 Å². The number of rotatable bonds is 11. The number of hydrogen-bond acceptors (Lipinski definition) is 5. The van der Waals surface area contributed by atoms with E-state index in [9.17, 15) is 18.0 Å². The average Bonchev–Trinajstić information content (AvgIpc) is 3.47. The number of nitrogens with zero attached hydrogens (tertiary/aromatic N) is 2. The molecule has 0 saturated heterocycles. The molecule has 3 aromatic carbocycles. The van der Waals surface area contributed by atoms with Crippen molar-refractivity contribution in [1.29, 1.82) is 0 Å². The number of aryl methyl sites for hydroxylation is 1. The Kier molecular flexibility index (Phi) is 10.1. The van der Waals surface area contributed by atoms with E-state index in [0.717, 1.165) is 45.6 Å². The quantitative estimate of drug-likeness (QED) is 0.301. The summed E-state index contributed by atoms with van der Waals surface area (Å²) in [6.07, 6.45) is 3.94. The Bertz CT molecular complexity index is 1470. The zero-order chi connectivity index (χ0) is 29.6. The maximum atomic E-state index is 14.1. The molecule has 0 unspecified atom stereocenters. The predicted molar refractivity (Wildman–Crippen MR) is 163 cm³/mol. The van der Waals surface area contributed by atoms with Gasteiger partial charge in [0.25, 0.3) is 10.0 Å². The van der Waals surface area contributed by atoms with Gasteiger partial charge in [-0.1, -0.05) is 70.7 Å². The molecule has 1 saturated carbocycles. The minimum Gasteiger partial charge on any atom is -0.495 e. The number of amides is 2. The highest BCUT2D eigenvalue weighted by Crippen LogP contribution is 2.32. The Balaban J connectivity index is 1.71. The van der Waals surface area contributed by atoms with Crippen molar-refractivity contribution in [2.75, 3.05) is 18.0 Å². The fourth-order valence-electron chi connectivity index (χ4n) is 4.99. The van der Waals surface area contributed by atoms with Crippen molar-refractivity contribution in [3.05, 3.63) is 88.4 Å². The summed E-state index contributed by atoms with van der Waals surface area (Å²) in [5, 5.41) is 3.08. The third-order valence-electron chi connectivity index (χ3n) is 7.35. The third-order valence-corrected chi connectivity index (χ3v) is 9.62. The molecule has 1 aliphatic rings. The van der Waals surface area contributed by atoms with E-state index in [0.29, 0.717) is 5.75 Å². The van der Waals surface area contributed by atoms with Gasteiger partial charge in [-0.25, -0.2) is 8.42 Å². The first kappa shape index (κ1) is 30.6. The highest BCUT2D eigenvalue weighted by molar-refractivity contribution is 9.10. The van der Waals surface area contributed by atoms with Crippen LogP contribution in [0.5, 0.6) is 5.75 Å². The monoisotopic (exact) mass is 641 g/mol. The minimum atomic E-state index is -4.18. The molecule has 0 heterocycles. The van der Waals surface area contributed by atoms with Crippen LogP contribution in [0.4, 0.5) is 5.69 Å². The standard InChI is InChI=1S/C31H36BrN3O5S/c1-22-15-17-27(18-16-22)41(38,39)35(28-13-6-7-14-29(28)40-3)21-30(36)34(20-24-9-8-10-25(32)19-24)23(2)31(37)33-26-11-4-5-12-26/h6-10,13-19,23,26H,4-5,11-12,20-21H2,1-3H3,(H,33,37)/t23-/m0/s1. The number of sulfonamides is 1. The van der Waals surface area contributed by atoms with Gasteiger partial charge in [0.1, 0.15) is 18.3 Å². The molecule has 0 aliphatic heterocycles. The van der Waals surface area contributed by atoms with Crippen molar-refractivity contribution in [3.63, 3.8) is 0 Å². The second-order valence-corrected chi connectivity index (χ2v) is 13.1. The molecule has 1 fully saturated rings. The van der Waals surface area contributed by atoms with Crippen LogP contribution >= 0.6 is 15.9 Å². The van der Waals surface area contributed by atoms with Gasteiger partial charge >= 0.3 is 0 Å². The van der Waals surface area contributed by atoms with E-state index in [-0.39, 0.29) is 29.1 Å². The predicted octanol–water partition coefficient (Wildman–Crippen LogP) is 5.44. The molecule has 8 nitrogen and oxygen atoms in total. The largest absolute Gasteiger partial charge is 0.495 e. The Morgan fingerprint density at radius 2 is 1.71 bits per heavy atom. The number of methoxy groups -OCH3 is 1. The van der Waals surface area contributed by atoms with Gasteiger partial charge in [0.2, 0.25) is 11.8 Å². The lowest BCUT2D eigenvalue weighted by Crippen LogP contribution is -2.52. The van der Waals surface area contributed by atoms with E-state index in [2.05, 4.69) is 21.2 Å². The number of carbonyl (C=O) groups excluding carboxylic acids is 2. The Labute approximate surface area is 250 Å². The molecule has 1 aliphatic carbocycles. The maximum absolute atomic E-state index is 14.1. The summed E-state index contributed by atoms with van der Waals surface area (Å²) in [7, 11) is -2.73. The lowest BCUT2D eigenvalue weighted by atomic mass is 10.1. The van der Waals surface area contributed by atoms with Crippen LogP contribution in [-0.4, -0.2) is 50.9 Å². The van der Waals surface area contributed by atoms with E-state index >= 15 is 0 Å². The molecular formula is C31H36BrN3O5S. The van der Waals surface area contributed by atoms with Crippen LogP contribution in [-0.2, 0) is 26.2 Å². The zero-order valence-electron chi connectivity index (χ0n) is 23.5. The van der Waals surface area contributed by atoms with Crippen LogP contribution in [0.1, 0.15) is 43.7 Å². The molecule has 0 spiro atoms. The van der Waals surface area contributed by atoms with Crippen LogP contribution in [0.25, 0.3) is 0 Å². The number of anilines is 1. The van der Waals surface area contributed by atoms with Gasteiger partial charge in [-0.3, -0.25) is 13.9 Å².